The minimum Gasteiger partial charge on any atom is -0.398 e. The molecule has 1 aliphatic rings. The fraction of sp³-hybridized carbons (Fsp3) is 0.391. The average Bonchev–Trinajstić information content (AvgIpc) is 3.21. The summed E-state index contributed by atoms with van der Waals surface area (Å²) >= 11 is 15.4. The Kier molecular flexibility index (Phi) is 9.45. The van der Waals surface area contributed by atoms with Gasteiger partial charge in [-0.1, -0.05) is 45.2 Å². The Bertz CT molecular complexity index is 1210. The molecule has 0 spiro atoms. The minimum atomic E-state index is -3.34. The van der Waals surface area contributed by atoms with E-state index in [-0.39, 0.29) is 29.5 Å². The molecule has 1 heterocycles. The lowest BCUT2D eigenvalue weighted by atomic mass is 10.1. The molecule has 0 bridgehead atoms. The zero-order valence-corrected chi connectivity index (χ0v) is 23.0. The van der Waals surface area contributed by atoms with Crippen molar-refractivity contribution in [3.8, 4) is 0 Å². The molecule has 2 aromatic carbocycles. The van der Waals surface area contributed by atoms with Gasteiger partial charge in [0.2, 0.25) is 5.91 Å². The van der Waals surface area contributed by atoms with Crippen LogP contribution in [0.3, 0.4) is 0 Å². The van der Waals surface area contributed by atoms with E-state index in [2.05, 4.69) is 31.5 Å². The van der Waals surface area contributed by atoms with Gasteiger partial charge in [-0.2, -0.15) is 0 Å². The fourth-order valence-corrected chi connectivity index (χ4v) is 5.20. The summed E-state index contributed by atoms with van der Waals surface area (Å²) < 4.78 is 24.1. The summed E-state index contributed by atoms with van der Waals surface area (Å²) in [5.41, 5.74) is 7.38. The molecule has 190 valence electrons. The van der Waals surface area contributed by atoms with Crippen LogP contribution in [0.15, 0.2) is 40.9 Å². The van der Waals surface area contributed by atoms with Crippen molar-refractivity contribution < 1.29 is 18.0 Å². The number of carbonyl (C=O) groups excluding carboxylic acids is 2. The van der Waals surface area contributed by atoms with Crippen LogP contribution in [0.1, 0.15) is 28.8 Å². The molecule has 12 heteroatoms. The van der Waals surface area contributed by atoms with Crippen molar-refractivity contribution in [2.24, 2.45) is 0 Å². The molecule has 0 saturated carbocycles. The molecule has 35 heavy (non-hydrogen) atoms. The van der Waals surface area contributed by atoms with E-state index in [0.717, 1.165) is 24.8 Å². The maximum Gasteiger partial charge on any atom is 0.254 e. The molecular weight excluding hydrogens is 579 g/mol. The van der Waals surface area contributed by atoms with Crippen LogP contribution < -0.4 is 16.4 Å². The molecule has 1 aliphatic heterocycles. The Morgan fingerprint density at radius 1 is 1.20 bits per heavy atom. The highest BCUT2D eigenvalue weighted by Gasteiger charge is 2.29. The molecule has 0 aromatic heterocycles. The second-order valence-corrected chi connectivity index (χ2v) is 12.6. The first-order valence-electron chi connectivity index (χ1n) is 10.9. The van der Waals surface area contributed by atoms with Gasteiger partial charge in [0.15, 0.2) is 0 Å². The zero-order chi connectivity index (χ0) is 25.8. The standard InChI is InChI=1S/C23H27BrCl2N4O4S/c1-35(33,34)9-7-21(29-22(31)17-11-15(24)3-5-20(17)27)23(32)28-16-6-8-30(13-16)12-14-2-4-18(25)19(26)10-14/h2-5,10-11,16,21H,6-9,12-13,27H2,1H3,(H,28,32)(H,29,31)/t16-,21+/m1/s1. The van der Waals surface area contributed by atoms with Crippen LogP contribution in [0.25, 0.3) is 0 Å². The Morgan fingerprint density at radius 3 is 2.63 bits per heavy atom. The second-order valence-electron chi connectivity index (χ2n) is 8.65. The molecule has 1 fully saturated rings. The number of halogens is 3. The predicted molar refractivity (Wildman–Crippen MR) is 142 cm³/mol. The molecule has 4 N–H and O–H groups in total. The monoisotopic (exact) mass is 604 g/mol. The molecular formula is C23H27BrCl2N4O4S. The smallest absolute Gasteiger partial charge is 0.254 e. The Morgan fingerprint density at radius 2 is 1.94 bits per heavy atom. The van der Waals surface area contributed by atoms with E-state index >= 15 is 0 Å². The summed E-state index contributed by atoms with van der Waals surface area (Å²) in [5, 5.41) is 6.59. The molecule has 2 atom stereocenters. The van der Waals surface area contributed by atoms with Gasteiger partial charge in [0, 0.05) is 42.1 Å². The molecule has 0 aliphatic carbocycles. The van der Waals surface area contributed by atoms with E-state index in [1.54, 1.807) is 24.3 Å². The fourth-order valence-electron chi connectivity index (χ4n) is 3.85. The first-order valence-corrected chi connectivity index (χ1v) is 14.5. The first-order chi connectivity index (χ1) is 16.4. The van der Waals surface area contributed by atoms with E-state index in [9.17, 15) is 18.0 Å². The van der Waals surface area contributed by atoms with E-state index in [1.807, 2.05) is 12.1 Å². The largest absolute Gasteiger partial charge is 0.398 e. The summed E-state index contributed by atoms with van der Waals surface area (Å²) in [6, 6.07) is 9.13. The number of benzene rings is 2. The molecule has 3 rings (SSSR count). The third kappa shape index (κ3) is 8.35. The first kappa shape index (κ1) is 27.7. The number of rotatable bonds is 9. The third-order valence-electron chi connectivity index (χ3n) is 5.67. The lowest BCUT2D eigenvalue weighted by Crippen LogP contribution is -2.50. The number of hydrogen-bond acceptors (Lipinski definition) is 6. The number of nitrogens with one attached hydrogen (secondary N) is 2. The Labute approximate surface area is 223 Å². The van der Waals surface area contributed by atoms with Crippen molar-refractivity contribution in [1.29, 1.82) is 0 Å². The van der Waals surface area contributed by atoms with E-state index < -0.39 is 27.7 Å². The van der Waals surface area contributed by atoms with Crippen LogP contribution in [0.2, 0.25) is 10.0 Å². The van der Waals surface area contributed by atoms with Crippen LogP contribution in [-0.4, -0.2) is 62.3 Å². The second kappa shape index (κ2) is 11.9. The van der Waals surface area contributed by atoms with Gasteiger partial charge in [0.05, 0.1) is 21.4 Å². The number of likely N-dealkylation sites (tertiary alicyclic amines) is 1. The molecule has 2 amide bonds. The van der Waals surface area contributed by atoms with Crippen LogP contribution in [-0.2, 0) is 21.2 Å². The highest BCUT2D eigenvalue weighted by Crippen LogP contribution is 2.24. The van der Waals surface area contributed by atoms with Gasteiger partial charge in [-0.05, 0) is 48.7 Å². The maximum absolute atomic E-state index is 13.1. The lowest BCUT2D eigenvalue weighted by Gasteiger charge is -2.22. The van der Waals surface area contributed by atoms with E-state index in [0.29, 0.717) is 27.6 Å². The van der Waals surface area contributed by atoms with Crippen molar-refractivity contribution in [3.05, 3.63) is 62.0 Å². The zero-order valence-electron chi connectivity index (χ0n) is 19.1. The van der Waals surface area contributed by atoms with Gasteiger partial charge in [0.1, 0.15) is 15.9 Å². The van der Waals surface area contributed by atoms with E-state index in [4.69, 9.17) is 28.9 Å². The van der Waals surface area contributed by atoms with Crippen molar-refractivity contribution >= 4 is 66.5 Å². The number of anilines is 1. The van der Waals surface area contributed by atoms with Crippen molar-refractivity contribution in [3.63, 3.8) is 0 Å². The Balaban J connectivity index is 1.64. The summed E-state index contributed by atoms with van der Waals surface area (Å²) in [6.07, 6.45) is 1.76. The van der Waals surface area contributed by atoms with Gasteiger partial charge in [-0.3, -0.25) is 14.5 Å². The summed E-state index contributed by atoms with van der Waals surface area (Å²) in [5.74, 6) is -1.23. The van der Waals surface area contributed by atoms with Crippen molar-refractivity contribution in [1.82, 2.24) is 15.5 Å². The normalized spacial score (nSPS) is 17.2. The van der Waals surface area contributed by atoms with Crippen LogP contribution in [0.5, 0.6) is 0 Å². The van der Waals surface area contributed by atoms with Crippen LogP contribution in [0.4, 0.5) is 5.69 Å². The molecule has 8 nitrogen and oxygen atoms in total. The average molecular weight is 606 g/mol. The van der Waals surface area contributed by atoms with Crippen LogP contribution in [0, 0.1) is 0 Å². The van der Waals surface area contributed by atoms with E-state index in [1.165, 1.54) is 0 Å². The molecule has 0 unspecified atom stereocenters. The molecule has 1 saturated heterocycles. The highest BCUT2D eigenvalue weighted by atomic mass is 79.9. The van der Waals surface area contributed by atoms with Crippen molar-refractivity contribution in [2.75, 3.05) is 30.8 Å². The molecule has 0 radical (unpaired) electrons. The van der Waals surface area contributed by atoms with Crippen LogP contribution >= 0.6 is 39.1 Å². The Hall–Kier alpha value is -1.85. The number of sulfone groups is 1. The van der Waals surface area contributed by atoms with Gasteiger partial charge >= 0.3 is 0 Å². The van der Waals surface area contributed by atoms with Gasteiger partial charge < -0.3 is 16.4 Å². The van der Waals surface area contributed by atoms with Gasteiger partial charge in [-0.25, -0.2) is 8.42 Å². The minimum absolute atomic E-state index is 0.0516. The predicted octanol–water partition coefficient (Wildman–Crippen LogP) is 3.26. The number of nitrogens with zero attached hydrogens (tertiary/aromatic N) is 1. The lowest BCUT2D eigenvalue weighted by molar-refractivity contribution is -0.123. The highest BCUT2D eigenvalue weighted by molar-refractivity contribution is 9.10. The third-order valence-corrected chi connectivity index (χ3v) is 7.88. The van der Waals surface area contributed by atoms with Gasteiger partial charge in [-0.15, -0.1) is 0 Å². The SMILES string of the molecule is CS(=O)(=O)CC[C@H](NC(=O)c1cc(Br)ccc1N)C(=O)N[C@@H]1CCN(Cc2ccc(Cl)c(Cl)c2)C1. The summed E-state index contributed by atoms with van der Waals surface area (Å²) in [4.78, 5) is 28.1. The number of carbonyl (C=O) groups is 2. The number of nitrogens with two attached hydrogens (primary N) is 1. The quantitative estimate of drug-likeness (QED) is 0.377. The number of nitrogen functional groups attached to an aromatic ring is 1. The summed E-state index contributed by atoms with van der Waals surface area (Å²) in [7, 11) is -3.34. The van der Waals surface area contributed by atoms with Gasteiger partial charge in [0.25, 0.3) is 5.91 Å². The topological polar surface area (TPSA) is 122 Å². The maximum atomic E-state index is 13.1. The summed E-state index contributed by atoms with van der Waals surface area (Å²) in [6.45, 7) is 2.02. The number of hydrogen-bond donors (Lipinski definition) is 3. The molecule has 2 aromatic rings. The number of amides is 2. The van der Waals surface area contributed by atoms with Crippen molar-refractivity contribution in [2.45, 2.75) is 31.5 Å².